The van der Waals surface area contributed by atoms with Gasteiger partial charge in [0.25, 0.3) is 0 Å². The Morgan fingerprint density at radius 3 is 2.19 bits per heavy atom. The molecule has 0 heterocycles. The average Bonchev–Trinajstić information content (AvgIpc) is 2.67. The Balaban J connectivity index is 1.53. The average molecular weight is 347 g/mol. The third-order valence-corrected chi connectivity index (χ3v) is 4.11. The first kappa shape index (κ1) is 17.9. The third-order valence-electron chi connectivity index (χ3n) is 4.11. The quantitative estimate of drug-likeness (QED) is 0.537. The first-order valence-corrected chi connectivity index (χ1v) is 9.03. The molecule has 0 fully saturated rings. The van der Waals surface area contributed by atoms with E-state index in [1.807, 2.05) is 66.7 Å². The van der Waals surface area contributed by atoms with Gasteiger partial charge in [0, 0.05) is 5.69 Å². The number of hydrogen-bond acceptors (Lipinski definition) is 3. The van der Waals surface area contributed by atoms with Crippen LogP contribution in [0.4, 0.5) is 5.69 Å². The third kappa shape index (κ3) is 5.28. The van der Waals surface area contributed by atoms with Gasteiger partial charge in [-0.25, -0.2) is 0 Å². The Labute approximate surface area is 155 Å². The van der Waals surface area contributed by atoms with Crippen LogP contribution in [0.1, 0.15) is 18.9 Å². The standard InChI is InChI=1S/C23H25NO2/c1-3-20(25-23-11-7-8-18(2)16-23)17-24-19-12-14-22(15-13-19)26-21-9-5-4-6-10-21/h4-16,20,24H,3,17H2,1-2H3. The molecule has 3 aromatic rings. The van der Waals surface area contributed by atoms with Crippen molar-refractivity contribution in [2.45, 2.75) is 26.4 Å². The highest BCUT2D eigenvalue weighted by atomic mass is 16.5. The largest absolute Gasteiger partial charge is 0.489 e. The normalized spacial score (nSPS) is 11.6. The lowest BCUT2D eigenvalue weighted by atomic mass is 10.2. The monoisotopic (exact) mass is 347 g/mol. The summed E-state index contributed by atoms with van der Waals surface area (Å²) in [7, 11) is 0. The smallest absolute Gasteiger partial charge is 0.127 e. The van der Waals surface area contributed by atoms with Gasteiger partial charge in [0.1, 0.15) is 23.4 Å². The van der Waals surface area contributed by atoms with Crippen molar-refractivity contribution in [3.8, 4) is 17.2 Å². The van der Waals surface area contributed by atoms with Crippen molar-refractivity contribution >= 4 is 5.69 Å². The number of benzene rings is 3. The van der Waals surface area contributed by atoms with Crippen LogP contribution >= 0.6 is 0 Å². The second-order valence-electron chi connectivity index (χ2n) is 6.29. The second kappa shape index (κ2) is 8.95. The summed E-state index contributed by atoms with van der Waals surface area (Å²) in [5.74, 6) is 2.58. The van der Waals surface area contributed by atoms with Gasteiger partial charge >= 0.3 is 0 Å². The minimum atomic E-state index is 0.122. The van der Waals surface area contributed by atoms with Crippen molar-refractivity contribution in [3.63, 3.8) is 0 Å². The van der Waals surface area contributed by atoms with Gasteiger partial charge in [-0.3, -0.25) is 0 Å². The SMILES string of the molecule is CCC(CNc1ccc(Oc2ccccc2)cc1)Oc1cccc(C)c1. The summed E-state index contributed by atoms with van der Waals surface area (Å²) in [5, 5.41) is 3.44. The summed E-state index contributed by atoms with van der Waals surface area (Å²) in [5.41, 5.74) is 2.26. The first-order chi connectivity index (χ1) is 12.7. The number of rotatable bonds is 8. The zero-order chi connectivity index (χ0) is 18.2. The molecule has 134 valence electrons. The van der Waals surface area contributed by atoms with Crippen molar-refractivity contribution in [2.75, 3.05) is 11.9 Å². The van der Waals surface area contributed by atoms with Gasteiger partial charge < -0.3 is 14.8 Å². The molecule has 0 bridgehead atoms. The summed E-state index contributed by atoms with van der Waals surface area (Å²) in [6.07, 6.45) is 1.06. The number of hydrogen-bond donors (Lipinski definition) is 1. The molecule has 0 amide bonds. The molecule has 0 aliphatic heterocycles. The van der Waals surface area contributed by atoms with E-state index in [-0.39, 0.29) is 6.10 Å². The van der Waals surface area contributed by atoms with Crippen LogP contribution in [-0.2, 0) is 0 Å². The van der Waals surface area contributed by atoms with Gasteiger partial charge in [-0.1, -0.05) is 37.3 Å². The molecule has 3 heteroatoms. The molecule has 0 aromatic heterocycles. The van der Waals surface area contributed by atoms with Crippen LogP contribution in [0.15, 0.2) is 78.9 Å². The predicted octanol–water partition coefficient (Wildman–Crippen LogP) is 6.06. The summed E-state index contributed by atoms with van der Waals surface area (Å²) >= 11 is 0. The van der Waals surface area contributed by atoms with E-state index in [1.165, 1.54) is 5.56 Å². The molecule has 0 saturated heterocycles. The Bertz CT molecular complexity index is 800. The van der Waals surface area contributed by atoms with Gasteiger partial charge in [0.05, 0.1) is 6.54 Å². The van der Waals surface area contributed by atoms with Gasteiger partial charge in [-0.2, -0.15) is 0 Å². The van der Waals surface area contributed by atoms with Crippen LogP contribution < -0.4 is 14.8 Å². The van der Waals surface area contributed by atoms with E-state index in [1.54, 1.807) is 0 Å². The van der Waals surface area contributed by atoms with Gasteiger partial charge in [0.2, 0.25) is 0 Å². The van der Waals surface area contributed by atoms with E-state index >= 15 is 0 Å². The number of para-hydroxylation sites is 1. The molecule has 3 rings (SSSR count). The molecule has 1 atom stereocenters. The molecular formula is C23H25NO2. The summed E-state index contributed by atoms with van der Waals surface area (Å²) in [4.78, 5) is 0. The Morgan fingerprint density at radius 2 is 1.50 bits per heavy atom. The lowest BCUT2D eigenvalue weighted by molar-refractivity contribution is 0.210. The minimum absolute atomic E-state index is 0.122. The van der Waals surface area contributed by atoms with Crippen molar-refractivity contribution < 1.29 is 9.47 Å². The lowest BCUT2D eigenvalue weighted by Crippen LogP contribution is -2.25. The first-order valence-electron chi connectivity index (χ1n) is 9.03. The van der Waals surface area contributed by atoms with E-state index in [4.69, 9.17) is 9.47 Å². The maximum absolute atomic E-state index is 6.08. The fourth-order valence-electron chi connectivity index (χ4n) is 2.65. The fourth-order valence-corrected chi connectivity index (χ4v) is 2.65. The zero-order valence-electron chi connectivity index (χ0n) is 15.3. The highest BCUT2D eigenvalue weighted by Crippen LogP contribution is 2.23. The molecule has 0 aliphatic rings. The number of ether oxygens (including phenoxy) is 2. The van der Waals surface area contributed by atoms with Crippen LogP contribution in [-0.4, -0.2) is 12.6 Å². The molecule has 26 heavy (non-hydrogen) atoms. The summed E-state index contributed by atoms with van der Waals surface area (Å²) in [6, 6.07) is 26.0. The predicted molar refractivity (Wildman–Crippen MR) is 107 cm³/mol. The number of aryl methyl sites for hydroxylation is 1. The molecule has 3 nitrogen and oxygen atoms in total. The van der Waals surface area contributed by atoms with Gasteiger partial charge in [-0.05, 0) is 67.4 Å². The van der Waals surface area contributed by atoms with Crippen LogP contribution in [0.2, 0.25) is 0 Å². The van der Waals surface area contributed by atoms with Gasteiger partial charge in [-0.15, -0.1) is 0 Å². The molecule has 0 radical (unpaired) electrons. The highest BCUT2D eigenvalue weighted by Gasteiger charge is 2.08. The van der Waals surface area contributed by atoms with Crippen molar-refractivity contribution in [2.24, 2.45) is 0 Å². The van der Waals surface area contributed by atoms with Crippen LogP contribution in [0, 0.1) is 6.92 Å². The van der Waals surface area contributed by atoms with Crippen molar-refractivity contribution in [1.29, 1.82) is 0 Å². The Hall–Kier alpha value is -2.94. The molecule has 0 aliphatic carbocycles. The van der Waals surface area contributed by atoms with Crippen molar-refractivity contribution in [3.05, 3.63) is 84.4 Å². The Morgan fingerprint density at radius 1 is 0.808 bits per heavy atom. The number of nitrogens with one attached hydrogen (secondary N) is 1. The molecule has 1 unspecified atom stereocenters. The second-order valence-corrected chi connectivity index (χ2v) is 6.29. The fraction of sp³-hybridized carbons (Fsp3) is 0.217. The van der Waals surface area contributed by atoms with E-state index in [2.05, 4.69) is 31.3 Å². The van der Waals surface area contributed by atoms with E-state index < -0.39 is 0 Å². The topological polar surface area (TPSA) is 30.5 Å². The lowest BCUT2D eigenvalue weighted by Gasteiger charge is -2.19. The molecular weight excluding hydrogens is 322 g/mol. The van der Waals surface area contributed by atoms with Crippen LogP contribution in [0.25, 0.3) is 0 Å². The molecule has 0 saturated carbocycles. The van der Waals surface area contributed by atoms with E-state index in [0.29, 0.717) is 0 Å². The highest BCUT2D eigenvalue weighted by molar-refractivity contribution is 5.47. The molecule has 3 aromatic carbocycles. The maximum atomic E-state index is 6.08. The maximum Gasteiger partial charge on any atom is 0.127 e. The van der Waals surface area contributed by atoms with Crippen LogP contribution in [0.5, 0.6) is 17.2 Å². The Kier molecular flexibility index (Phi) is 6.15. The van der Waals surface area contributed by atoms with Crippen LogP contribution in [0.3, 0.4) is 0 Å². The number of anilines is 1. The van der Waals surface area contributed by atoms with Crippen molar-refractivity contribution in [1.82, 2.24) is 0 Å². The molecule has 0 spiro atoms. The zero-order valence-corrected chi connectivity index (χ0v) is 15.3. The van der Waals surface area contributed by atoms with E-state index in [9.17, 15) is 0 Å². The summed E-state index contributed by atoms with van der Waals surface area (Å²) in [6.45, 7) is 4.97. The molecule has 1 N–H and O–H groups in total. The summed E-state index contributed by atoms with van der Waals surface area (Å²) < 4.78 is 11.9. The van der Waals surface area contributed by atoms with E-state index in [0.717, 1.165) is 35.9 Å². The van der Waals surface area contributed by atoms with Gasteiger partial charge in [0.15, 0.2) is 0 Å². The minimum Gasteiger partial charge on any atom is -0.489 e.